The van der Waals surface area contributed by atoms with Crippen molar-refractivity contribution in [2.75, 3.05) is 19.6 Å². The van der Waals surface area contributed by atoms with E-state index >= 15 is 0 Å². The van der Waals surface area contributed by atoms with Crippen molar-refractivity contribution in [3.63, 3.8) is 0 Å². The predicted octanol–water partition coefficient (Wildman–Crippen LogP) is 3.08. The highest BCUT2D eigenvalue weighted by Crippen LogP contribution is 2.18. The third kappa shape index (κ3) is 3.83. The molecule has 0 radical (unpaired) electrons. The van der Waals surface area contributed by atoms with Crippen LogP contribution < -0.4 is 5.32 Å². The van der Waals surface area contributed by atoms with Gasteiger partial charge in [0, 0.05) is 19.1 Å². The van der Waals surface area contributed by atoms with Crippen LogP contribution in [0, 0.1) is 0 Å². The van der Waals surface area contributed by atoms with Gasteiger partial charge in [-0.3, -0.25) is 4.79 Å². The van der Waals surface area contributed by atoms with Gasteiger partial charge in [-0.1, -0.05) is 38.1 Å². The Morgan fingerprint density at radius 1 is 1.10 bits per heavy atom. The lowest BCUT2D eigenvalue weighted by Gasteiger charge is -2.19. The van der Waals surface area contributed by atoms with Crippen molar-refractivity contribution in [1.82, 2.24) is 10.2 Å². The van der Waals surface area contributed by atoms with Gasteiger partial charge >= 0.3 is 0 Å². The number of hydrogen-bond donors (Lipinski definition) is 1. The van der Waals surface area contributed by atoms with Gasteiger partial charge < -0.3 is 10.2 Å². The van der Waals surface area contributed by atoms with Crippen molar-refractivity contribution < 1.29 is 4.79 Å². The van der Waals surface area contributed by atoms with Gasteiger partial charge in [0.05, 0.1) is 6.54 Å². The van der Waals surface area contributed by atoms with E-state index in [0.29, 0.717) is 12.5 Å². The average Bonchev–Trinajstić information content (AvgIpc) is 2.98. The first kappa shape index (κ1) is 15.0. The van der Waals surface area contributed by atoms with Crippen LogP contribution in [0.3, 0.4) is 0 Å². The van der Waals surface area contributed by atoms with Crippen LogP contribution in [0.4, 0.5) is 0 Å². The molecule has 1 heterocycles. The predicted molar refractivity (Wildman–Crippen MR) is 82.8 cm³/mol. The van der Waals surface area contributed by atoms with Gasteiger partial charge in [0.2, 0.25) is 5.91 Å². The smallest absolute Gasteiger partial charge is 0.236 e. The van der Waals surface area contributed by atoms with Gasteiger partial charge in [-0.2, -0.15) is 0 Å². The highest BCUT2D eigenvalue weighted by atomic mass is 16.2. The average molecular weight is 274 g/mol. The molecule has 1 unspecified atom stereocenters. The second-order valence-electron chi connectivity index (χ2n) is 6.01. The minimum absolute atomic E-state index is 0.211. The van der Waals surface area contributed by atoms with Crippen molar-refractivity contribution in [2.45, 2.75) is 45.6 Å². The molecule has 0 bridgehead atoms. The summed E-state index contributed by atoms with van der Waals surface area (Å²) < 4.78 is 0. The Kier molecular flexibility index (Phi) is 5.18. The van der Waals surface area contributed by atoms with Crippen LogP contribution in [0.25, 0.3) is 0 Å². The summed E-state index contributed by atoms with van der Waals surface area (Å²) in [5.41, 5.74) is 2.60. The summed E-state index contributed by atoms with van der Waals surface area (Å²) >= 11 is 0. The Morgan fingerprint density at radius 2 is 1.65 bits per heavy atom. The number of carbonyl (C=O) groups excluding carboxylic acids is 1. The molecule has 1 fully saturated rings. The van der Waals surface area contributed by atoms with Crippen molar-refractivity contribution in [3.8, 4) is 0 Å². The van der Waals surface area contributed by atoms with E-state index in [0.717, 1.165) is 25.9 Å². The fourth-order valence-electron chi connectivity index (χ4n) is 2.61. The molecule has 0 aromatic heterocycles. The second-order valence-corrected chi connectivity index (χ2v) is 6.01. The van der Waals surface area contributed by atoms with Gasteiger partial charge in [0.15, 0.2) is 0 Å². The fraction of sp³-hybridized carbons (Fsp3) is 0.588. The molecule has 1 N–H and O–H groups in total. The largest absolute Gasteiger partial charge is 0.342 e. The SMILES string of the molecule is CC(C)c1ccc(C(C)NCC(=O)N2CCCC2)cc1. The molecule has 0 saturated carbocycles. The fourth-order valence-corrected chi connectivity index (χ4v) is 2.61. The summed E-state index contributed by atoms with van der Waals surface area (Å²) in [6.07, 6.45) is 2.30. The first-order valence-corrected chi connectivity index (χ1v) is 7.69. The van der Waals surface area contributed by atoms with Gasteiger partial charge in [-0.25, -0.2) is 0 Å². The molecule has 1 aliphatic heterocycles. The summed E-state index contributed by atoms with van der Waals surface area (Å²) in [6.45, 7) is 8.81. The zero-order chi connectivity index (χ0) is 14.5. The Labute approximate surface area is 122 Å². The Balaban J connectivity index is 1.84. The summed E-state index contributed by atoms with van der Waals surface area (Å²) in [7, 11) is 0. The Morgan fingerprint density at radius 3 is 2.20 bits per heavy atom. The summed E-state index contributed by atoms with van der Waals surface area (Å²) in [5.74, 6) is 0.789. The molecule has 3 heteroatoms. The van der Waals surface area contributed by atoms with E-state index in [1.807, 2.05) is 4.90 Å². The normalized spacial score (nSPS) is 16.7. The van der Waals surface area contributed by atoms with E-state index in [1.165, 1.54) is 11.1 Å². The van der Waals surface area contributed by atoms with Crippen LogP contribution in [0.2, 0.25) is 0 Å². The number of amides is 1. The lowest BCUT2D eigenvalue weighted by molar-refractivity contribution is -0.129. The zero-order valence-corrected chi connectivity index (χ0v) is 12.9. The summed E-state index contributed by atoms with van der Waals surface area (Å²) in [6, 6.07) is 8.89. The molecular weight excluding hydrogens is 248 g/mol. The maximum Gasteiger partial charge on any atom is 0.236 e. The minimum atomic E-state index is 0.211. The van der Waals surface area contributed by atoms with E-state index in [4.69, 9.17) is 0 Å². The van der Waals surface area contributed by atoms with Gasteiger partial charge in [-0.15, -0.1) is 0 Å². The number of hydrogen-bond acceptors (Lipinski definition) is 2. The quantitative estimate of drug-likeness (QED) is 0.895. The molecule has 1 atom stereocenters. The van der Waals surface area contributed by atoms with Crippen LogP contribution in [-0.4, -0.2) is 30.4 Å². The van der Waals surface area contributed by atoms with Gasteiger partial charge in [0.25, 0.3) is 0 Å². The summed E-state index contributed by atoms with van der Waals surface area (Å²) in [5, 5.41) is 3.33. The van der Waals surface area contributed by atoms with E-state index in [9.17, 15) is 4.79 Å². The minimum Gasteiger partial charge on any atom is -0.342 e. The molecule has 1 saturated heterocycles. The van der Waals surface area contributed by atoms with Crippen LogP contribution in [-0.2, 0) is 4.79 Å². The molecule has 1 aliphatic rings. The highest BCUT2D eigenvalue weighted by molar-refractivity contribution is 5.78. The highest BCUT2D eigenvalue weighted by Gasteiger charge is 2.18. The zero-order valence-electron chi connectivity index (χ0n) is 12.9. The van der Waals surface area contributed by atoms with Crippen LogP contribution in [0.15, 0.2) is 24.3 Å². The number of benzene rings is 1. The Hall–Kier alpha value is -1.35. The molecule has 1 aromatic carbocycles. The van der Waals surface area contributed by atoms with Crippen LogP contribution in [0.5, 0.6) is 0 Å². The molecule has 0 spiro atoms. The summed E-state index contributed by atoms with van der Waals surface area (Å²) in [4.78, 5) is 13.9. The molecular formula is C17H26N2O. The third-order valence-corrected chi connectivity index (χ3v) is 4.12. The maximum absolute atomic E-state index is 12.0. The molecule has 1 amide bonds. The molecule has 110 valence electrons. The number of nitrogens with zero attached hydrogens (tertiary/aromatic N) is 1. The van der Waals surface area contributed by atoms with Crippen LogP contribution in [0.1, 0.15) is 56.7 Å². The van der Waals surface area contributed by atoms with E-state index in [-0.39, 0.29) is 11.9 Å². The van der Waals surface area contributed by atoms with Gasteiger partial charge in [0.1, 0.15) is 0 Å². The van der Waals surface area contributed by atoms with E-state index < -0.39 is 0 Å². The maximum atomic E-state index is 12.0. The van der Waals surface area contributed by atoms with Crippen LogP contribution >= 0.6 is 0 Å². The standard InChI is InChI=1S/C17H26N2O/c1-13(2)15-6-8-16(9-7-15)14(3)18-12-17(20)19-10-4-5-11-19/h6-9,13-14,18H,4-5,10-12H2,1-3H3. The van der Waals surface area contributed by atoms with Gasteiger partial charge in [-0.05, 0) is 36.8 Å². The van der Waals surface area contributed by atoms with E-state index in [1.54, 1.807) is 0 Å². The molecule has 2 rings (SSSR count). The molecule has 3 nitrogen and oxygen atoms in total. The first-order chi connectivity index (χ1) is 9.58. The number of carbonyl (C=O) groups is 1. The number of nitrogens with one attached hydrogen (secondary N) is 1. The molecule has 0 aliphatic carbocycles. The van der Waals surface area contributed by atoms with Crippen molar-refractivity contribution >= 4 is 5.91 Å². The molecule has 1 aromatic rings. The lowest BCUT2D eigenvalue weighted by Crippen LogP contribution is -2.37. The Bertz CT molecular complexity index is 433. The van der Waals surface area contributed by atoms with E-state index in [2.05, 4.69) is 50.4 Å². The number of rotatable bonds is 5. The molecule has 20 heavy (non-hydrogen) atoms. The monoisotopic (exact) mass is 274 g/mol. The first-order valence-electron chi connectivity index (χ1n) is 7.69. The second kappa shape index (κ2) is 6.89. The van der Waals surface area contributed by atoms with Crippen molar-refractivity contribution in [3.05, 3.63) is 35.4 Å². The van der Waals surface area contributed by atoms with Crippen molar-refractivity contribution in [2.24, 2.45) is 0 Å². The lowest BCUT2D eigenvalue weighted by atomic mass is 9.99. The van der Waals surface area contributed by atoms with Crippen molar-refractivity contribution in [1.29, 1.82) is 0 Å². The topological polar surface area (TPSA) is 32.3 Å². The number of likely N-dealkylation sites (tertiary alicyclic amines) is 1. The third-order valence-electron chi connectivity index (χ3n) is 4.12.